The highest BCUT2D eigenvalue weighted by Crippen LogP contribution is 2.35. The summed E-state index contributed by atoms with van der Waals surface area (Å²) in [7, 11) is 2.13. The van der Waals surface area contributed by atoms with Crippen molar-refractivity contribution in [3.05, 3.63) is 59.7 Å². The number of nitrogens with one attached hydrogen (secondary N) is 1. The van der Waals surface area contributed by atoms with Crippen molar-refractivity contribution in [2.75, 3.05) is 20.1 Å². The maximum atomic E-state index is 12.3. The third-order valence-electron chi connectivity index (χ3n) is 4.50. The molecule has 1 aliphatic heterocycles. The van der Waals surface area contributed by atoms with Crippen molar-refractivity contribution in [2.45, 2.75) is 19.4 Å². The lowest BCUT2D eigenvalue weighted by Crippen LogP contribution is -2.32. The molecule has 0 aliphatic carbocycles. The van der Waals surface area contributed by atoms with Gasteiger partial charge in [-0.2, -0.15) is 0 Å². The molecule has 120 valence electrons. The zero-order valence-corrected chi connectivity index (χ0v) is 13.6. The van der Waals surface area contributed by atoms with Gasteiger partial charge in [-0.15, -0.1) is 0 Å². The van der Waals surface area contributed by atoms with Gasteiger partial charge in [0.2, 0.25) is 0 Å². The fraction of sp³-hybridized carbons (Fsp3) is 0.389. The Morgan fingerprint density at radius 3 is 2.91 bits per heavy atom. The Hall–Kier alpha value is -2.27. The van der Waals surface area contributed by atoms with Gasteiger partial charge in [0, 0.05) is 36.9 Å². The maximum Gasteiger partial charge on any atom is 0.252 e. The van der Waals surface area contributed by atoms with Gasteiger partial charge in [0.1, 0.15) is 0 Å². The van der Waals surface area contributed by atoms with Crippen molar-refractivity contribution in [3.63, 3.8) is 0 Å². The van der Waals surface area contributed by atoms with Crippen LogP contribution >= 0.6 is 0 Å². The second-order valence-electron chi connectivity index (χ2n) is 6.16. The SMILES string of the molecule is Cc1ccc(C(=O)NC[C@@H]2CCN(C)[C@H]2c2cccnc2)cn1. The zero-order valence-electron chi connectivity index (χ0n) is 13.6. The molecule has 1 fully saturated rings. The predicted octanol–water partition coefficient (Wildman–Crippen LogP) is 2.21. The van der Waals surface area contributed by atoms with Crippen LogP contribution in [0.1, 0.15) is 34.1 Å². The second-order valence-corrected chi connectivity index (χ2v) is 6.16. The minimum Gasteiger partial charge on any atom is -0.352 e. The smallest absolute Gasteiger partial charge is 0.252 e. The van der Waals surface area contributed by atoms with Crippen LogP contribution in [-0.4, -0.2) is 40.9 Å². The lowest BCUT2D eigenvalue weighted by molar-refractivity contribution is 0.0943. The summed E-state index contributed by atoms with van der Waals surface area (Å²) in [5, 5.41) is 3.05. The number of aryl methyl sites for hydroxylation is 1. The number of aromatic nitrogens is 2. The molecule has 0 aromatic carbocycles. The summed E-state index contributed by atoms with van der Waals surface area (Å²) in [6, 6.07) is 8.06. The first-order valence-electron chi connectivity index (χ1n) is 7.96. The summed E-state index contributed by atoms with van der Waals surface area (Å²) in [4.78, 5) is 23.0. The van der Waals surface area contributed by atoms with Crippen LogP contribution in [0.15, 0.2) is 42.9 Å². The molecule has 2 aromatic rings. The standard InChI is InChI=1S/C18H22N4O/c1-13-5-6-16(12-20-13)18(23)21-11-15-7-9-22(2)17(15)14-4-3-8-19-10-14/h3-6,8,10,12,15,17H,7,9,11H2,1-2H3,(H,21,23)/t15-,17-/m0/s1. The summed E-state index contributed by atoms with van der Waals surface area (Å²) >= 11 is 0. The third-order valence-corrected chi connectivity index (χ3v) is 4.50. The summed E-state index contributed by atoms with van der Waals surface area (Å²) < 4.78 is 0. The van der Waals surface area contributed by atoms with E-state index >= 15 is 0 Å². The van der Waals surface area contributed by atoms with Crippen molar-refractivity contribution in [1.29, 1.82) is 0 Å². The molecule has 0 saturated carbocycles. The number of amides is 1. The van der Waals surface area contributed by atoms with Crippen LogP contribution in [0.5, 0.6) is 0 Å². The van der Waals surface area contributed by atoms with E-state index in [2.05, 4.69) is 33.3 Å². The largest absolute Gasteiger partial charge is 0.352 e. The summed E-state index contributed by atoms with van der Waals surface area (Å²) in [6.45, 7) is 3.61. The Morgan fingerprint density at radius 2 is 2.22 bits per heavy atom. The first kappa shape index (κ1) is 15.6. The molecule has 0 radical (unpaired) electrons. The molecule has 1 aliphatic rings. The average Bonchev–Trinajstić information content (AvgIpc) is 2.95. The molecule has 0 unspecified atom stereocenters. The van der Waals surface area contributed by atoms with E-state index in [9.17, 15) is 4.79 Å². The van der Waals surface area contributed by atoms with E-state index in [-0.39, 0.29) is 5.91 Å². The predicted molar refractivity (Wildman–Crippen MR) is 89.0 cm³/mol. The van der Waals surface area contributed by atoms with E-state index in [1.54, 1.807) is 12.4 Å². The summed E-state index contributed by atoms with van der Waals surface area (Å²) in [5.74, 6) is 0.337. The number of likely N-dealkylation sites (tertiary alicyclic amines) is 1. The molecule has 5 heteroatoms. The average molecular weight is 310 g/mol. The molecule has 3 rings (SSSR count). The molecular weight excluding hydrogens is 288 g/mol. The van der Waals surface area contributed by atoms with Crippen LogP contribution in [0.25, 0.3) is 0 Å². The van der Waals surface area contributed by atoms with Gasteiger partial charge in [0.15, 0.2) is 0 Å². The quantitative estimate of drug-likeness (QED) is 0.940. The summed E-state index contributed by atoms with van der Waals surface area (Å²) in [6.07, 6.45) is 6.41. The fourth-order valence-corrected chi connectivity index (χ4v) is 3.25. The van der Waals surface area contributed by atoms with Gasteiger partial charge in [0.25, 0.3) is 5.91 Å². The van der Waals surface area contributed by atoms with E-state index in [4.69, 9.17) is 0 Å². The van der Waals surface area contributed by atoms with Gasteiger partial charge in [-0.1, -0.05) is 6.07 Å². The number of carbonyl (C=O) groups excluding carboxylic acids is 1. The van der Waals surface area contributed by atoms with Crippen LogP contribution < -0.4 is 5.32 Å². The summed E-state index contributed by atoms with van der Waals surface area (Å²) in [5.41, 5.74) is 2.74. The Kier molecular flexibility index (Phi) is 4.67. The lowest BCUT2D eigenvalue weighted by Gasteiger charge is -2.25. The van der Waals surface area contributed by atoms with Gasteiger partial charge < -0.3 is 5.32 Å². The van der Waals surface area contributed by atoms with Crippen LogP contribution in [0.4, 0.5) is 0 Å². The molecule has 3 heterocycles. The molecule has 1 amide bonds. The number of carbonyl (C=O) groups is 1. The molecule has 1 saturated heterocycles. The lowest BCUT2D eigenvalue weighted by atomic mass is 9.94. The number of hydrogen-bond acceptors (Lipinski definition) is 4. The Balaban J connectivity index is 1.65. The van der Waals surface area contributed by atoms with Crippen LogP contribution in [-0.2, 0) is 0 Å². The van der Waals surface area contributed by atoms with E-state index < -0.39 is 0 Å². The van der Waals surface area contributed by atoms with Crippen molar-refractivity contribution in [2.24, 2.45) is 5.92 Å². The zero-order chi connectivity index (χ0) is 16.2. The van der Waals surface area contributed by atoms with Gasteiger partial charge in [0.05, 0.1) is 5.56 Å². The molecule has 23 heavy (non-hydrogen) atoms. The van der Waals surface area contributed by atoms with E-state index in [1.807, 2.05) is 31.3 Å². The van der Waals surface area contributed by atoms with Gasteiger partial charge in [-0.3, -0.25) is 19.7 Å². The minimum atomic E-state index is -0.0583. The first-order chi connectivity index (χ1) is 11.1. The fourth-order valence-electron chi connectivity index (χ4n) is 3.25. The van der Waals surface area contributed by atoms with Crippen molar-refractivity contribution < 1.29 is 4.79 Å². The monoisotopic (exact) mass is 310 g/mol. The van der Waals surface area contributed by atoms with Crippen molar-refractivity contribution in [3.8, 4) is 0 Å². The van der Waals surface area contributed by atoms with Crippen LogP contribution in [0.2, 0.25) is 0 Å². The Morgan fingerprint density at radius 1 is 1.35 bits per heavy atom. The maximum absolute atomic E-state index is 12.3. The van der Waals surface area contributed by atoms with Crippen LogP contribution in [0, 0.1) is 12.8 Å². The normalized spacial score (nSPS) is 21.3. The minimum absolute atomic E-state index is 0.0583. The van der Waals surface area contributed by atoms with Gasteiger partial charge in [-0.25, -0.2) is 0 Å². The van der Waals surface area contributed by atoms with Gasteiger partial charge in [-0.05, 0) is 56.6 Å². The molecular formula is C18H22N4O. The number of rotatable bonds is 4. The first-order valence-corrected chi connectivity index (χ1v) is 7.96. The number of pyridine rings is 2. The van der Waals surface area contributed by atoms with Gasteiger partial charge >= 0.3 is 0 Å². The molecule has 5 nitrogen and oxygen atoms in total. The molecule has 1 N–H and O–H groups in total. The van der Waals surface area contributed by atoms with Crippen LogP contribution in [0.3, 0.4) is 0 Å². The Bertz CT molecular complexity index is 656. The van der Waals surface area contributed by atoms with E-state index in [0.717, 1.165) is 18.7 Å². The van der Waals surface area contributed by atoms with E-state index in [0.29, 0.717) is 24.1 Å². The van der Waals surface area contributed by atoms with Crippen molar-refractivity contribution >= 4 is 5.91 Å². The third kappa shape index (κ3) is 3.56. The van der Waals surface area contributed by atoms with E-state index in [1.165, 1.54) is 5.56 Å². The molecule has 0 spiro atoms. The second kappa shape index (κ2) is 6.87. The number of hydrogen-bond donors (Lipinski definition) is 1. The highest BCUT2D eigenvalue weighted by molar-refractivity contribution is 5.93. The van der Waals surface area contributed by atoms with Crippen molar-refractivity contribution in [1.82, 2.24) is 20.2 Å². The molecule has 2 atom stereocenters. The number of nitrogens with zero attached hydrogens (tertiary/aromatic N) is 3. The Labute approximate surface area is 136 Å². The topological polar surface area (TPSA) is 58.1 Å². The molecule has 2 aromatic heterocycles. The molecule has 0 bridgehead atoms. The highest BCUT2D eigenvalue weighted by Gasteiger charge is 2.33. The highest BCUT2D eigenvalue weighted by atomic mass is 16.1.